The minimum atomic E-state index is 0.583. The first kappa shape index (κ1) is 79.7. The number of ether oxygens (including phenoxy) is 3. The van der Waals surface area contributed by atoms with E-state index in [1.807, 2.05) is 48.5 Å². The third-order valence-electron chi connectivity index (χ3n) is 28.7. The minimum Gasteiger partial charge on any atom is -0.457 e. The summed E-state index contributed by atoms with van der Waals surface area (Å²) in [6.45, 7) is 22.7. The van der Waals surface area contributed by atoms with Gasteiger partial charge in [-0.25, -0.2) is 14.5 Å². The van der Waals surface area contributed by atoms with Gasteiger partial charge in [-0.2, -0.15) is 0 Å². The fourth-order valence-electron chi connectivity index (χ4n) is 22.3. The standard InChI is InChI=1S/C47H27NO.C45H25NO.C41H23NO/c1-48-34-24-33-12-9-17-40-39-23-22-32(25-45(39)49-46(26-34)47(33)40)29-18-20-31(21-19-29)42-28-44-37-15-7-5-13-35(37)41(30-10-3-2-4-11-30)27-43(44)38-16-8-6-14-36(38)42;1-46-30-22-29-12-9-19-38-37-21-20-28(23-43(37)47-44(24-30)45(29)38)39-25-41-36-17-7-6-16-35(36)40(26-42(41)34-15-5-4-14-33(34)39)32-18-8-11-27-10-2-3-13-31(27)32;1-42-30-21-29-8-6-12-36-35-20-18-28(22-39(35)43-40(23-30)41(29)36)25-13-15-27(16-14-25)37-24-38-31-9-3-2-7-26(31)17-19-34(38)32-10-4-5-11-33(32)37/h2-28H;2-26H;2-24H. The van der Waals surface area contributed by atoms with Crippen molar-refractivity contribution in [2.24, 2.45) is 0 Å². The van der Waals surface area contributed by atoms with E-state index in [1.165, 1.54) is 158 Å². The van der Waals surface area contributed by atoms with Crippen molar-refractivity contribution in [1.29, 1.82) is 0 Å². The molecular weight excluding hydrogens is 1690 g/mol. The summed E-state index contributed by atoms with van der Waals surface area (Å²) in [7, 11) is 0. The van der Waals surface area contributed by atoms with Crippen molar-refractivity contribution in [1.82, 2.24) is 0 Å². The molecule has 3 aliphatic rings. The Morgan fingerprint density at radius 1 is 0.129 bits per heavy atom. The summed E-state index contributed by atoms with van der Waals surface area (Å²) in [6.07, 6.45) is 0. The normalized spacial score (nSPS) is 11.9. The first-order chi connectivity index (χ1) is 68.7. The van der Waals surface area contributed by atoms with E-state index in [-0.39, 0.29) is 0 Å². The number of nitrogens with zero attached hydrogens (tertiary/aromatic N) is 3. The Balaban J connectivity index is 0.000000105. The smallest absolute Gasteiger partial charge is 0.191 e. The molecule has 0 bridgehead atoms. The third kappa shape index (κ3) is 13.1. The number of hydrogen-bond donors (Lipinski definition) is 0. The number of benzene rings is 26. The Morgan fingerprint density at radius 2 is 0.396 bits per heavy atom. The summed E-state index contributed by atoms with van der Waals surface area (Å²) in [5, 5.41) is 31.3. The van der Waals surface area contributed by atoms with Crippen molar-refractivity contribution in [2.75, 3.05) is 0 Å². The highest BCUT2D eigenvalue weighted by Gasteiger charge is 2.28. The van der Waals surface area contributed by atoms with Crippen LogP contribution in [0, 0.1) is 19.7 Å². The lowest BCUT2D eigenvalue weighted by Gasteiger charge is -2.23. The van der Waals surface area contributed by atoms with E-state index in [4.69, 9.17) is 33.9 Å². The molecule has 6 nitrogen and oxygen atoms in total. The highest BCUT2D eigenvalue weighted by molar-refractivity contribution is 6.28. The molecule has 6 heteroatoms. The summed E-state index contributed by atoms with van der Waals surface area (Å²) >= 11 is 0. The van der Waals surface area contributed by atoms with Crippen LogP contribution in [0.25, 0.3) is 266 Å². The molecule has 0 fully saturated rings. The molecule has 0 spiro atoms. The molecule has 26 aromatic carbocycles. The maximum atomic E-state index is 7.62. The number of rotatable bonds is 7. The number of fused-ring (bicyclic) bond motifs is 22. The minimum absolute atomic E-state index is 0.583. The Kier molecular flexibility index (Phi) is 18.4. The van der Waals surface area contributed by atoms with Gasteiger partial charge >= 0.3 is 0 Å². The summed E-state index contributed by atoms with van der Waals surface area (Å²) in [4.78, 5) is 11.0. The quantitative estimate of drug-likeness (QED) is 0.118. The summed E-state index contributed by atoms with van der Waals surface area (Å²) in [6, 6.07) is 162. The Bertz CT molecular complexity index is 9970. The van der Waals surface area contributed by atoms with Gasteiger partial charge in [0.15, 0.2) is 17.1 Å². The molecule has 29 rings (SSSR count). The van der Waals surface area contributed by atoms with Gasteiger partial charge in [0.25, 0.3) is 0 Å². The molecule has 0 N–H and O–H groups in total. The highest BCUT2D eigenvalue weighted by atomic mass is 16.5. The van der Waals surface area contributed by atoms with Crippen molar-refractivity contribution in [3.63, 3.8) is 0 Å². The maximum absolute atomic E-state index is 7.62. The Labute approximate surface area is 800 Å². The maximum Gasteiger partial charge on any atom is 0.191 e. The van der Waals surface area contributed by atoms with Crippen molar-refractivity contribution in [2.45, 2.75) is 0 Å². The zero-order chi connectivity index (χ0) is 92.0. The summed E-state index contributed by atoms with van der Waals surface area (Å²) in [5.74, 6) is 4.66. The van der Waals surface area contributed by atoms with Crippen LogP contribution < -0.4 is 14.2 Å². The molecule has 3 heterocycles. The van der Waals surface area contributed by atoms with E-state index in [1.54, 1.807) is 0 Å². The molecule has 139 heavy (non-hydrogen) atoms. The lowest BCUT2D eigenvalue weighted by Crippen LogP contribution is -1.97. The third-order valence-corrected chi connectivity index (χ3v) is 28.7. The van der Waals surface area contributed by atoms with E-state index in [9.17, 15) is 0 Å². The average Bonchev–Trinajstić information content (AvgIpc) is 0.745. The zero-order valence-electron chi connectivity index (χ0n) is 74.9. The van der Waals surface area contributed by atoms with Gasteiger partial charge in [0.05, 0.1) is 19.7 Å². The van der Waals surface area contributed by atoms with E-state index < -0.39 is 0 Å². The fraction of sp³-hybridized carbons (Fsp3) is 0. The first-order valence-electron chi connectivity index (χ1n) is 46.9. The van der Waals surface area contributed by atoms with Crippen LogP contribution in [0.5, 0.6) is 34.5 Å². The zero-order valence-corrected chi connectivity index (χ0v) is 74.9. The average molecular weight is 1760 g/mol. The van der Waals surface area contributed by atoms with Gasteiger partial charge in [0, 0.05) is 32.8 Å². The van der Waals surface area contributed by atoms with Crippen molar-refractivity contribution in [3.8, 4) is 146 Å². The monoisotopic (exact) mass is 1760 g/mol. The van der Waals surface area contributed by atoms with Crippen molar-refractivity contribution >= 4 is 157 Å². The molecule has 0 aliphatic carbocycles. The van der Waals surface area contributed by atoms with Gasteiger partial charge in [0.2, 0.25) is 0 Å². The van der Waals surface area contributed by atoms with Gasteiger partial charge < -0.3 is 14.2 Å². The van der Waals surface area contributed by atoms with E-state index in [0.29, 0.717) is 17.1 Å². The Morgan fingerprint density at radius 3 is 0.799 bits per heavy atom. The second kappa shape index (κ2) is 32.1. The largest absolute Gasteiger partial charge is 0.457 e. The van der Waals surface area contributed by atoms with Crippen LogP contribution >= 0.6 is 0 Å². The van der Waals surface area contributed by atoms with E-state index in [0.717, 1.165) is 128 Å². The van der Waals surface area contributed by atoms with Crippen molar-refractivity contribution in [3.05, 3.63) is 489 Å². The molecule has 3 aliphatic heterocycles. The van der Waals surface area contributed by atoms with Crippen LogP contribution in [0.4, 0.5) is 17.1 Å². The van der Waals surface area contributed by atoms with Crippen molar-refractivity contribution < 1.29 is 14.2 Å². The van der Waals surface area contributed by atoms with Gasteiger partial charge in [-0.05, 0) is 322 Å². The molecule has 0 atom stereocenters. The molecular formula is C133H75N3O3. The highest BCUT2D eigenvalue weighted by Crippen LogP contribution is 2.56. The van der Waals surface area contributed by atoms with Crippen LogP contribution in [0.15, 0.2) is 455 Å². The lowest BCUT2D eigenvalue weighted by atomic mass is 9.86. The molecule has 640 valence electrons. The second-order valence-electron chi connectivity index (χ2n) is 36.3. The van der Waals surface area contributed by atoms with Gasteiger partial charge in [-0.1, -0.05) is 352 Å². The van der Waals surface area contributed by atoms with E-state index >= 15 is 0 Å². The summed E-state index contributed by atoms with van der Waals surface area (Å²) in [5.41, 5.74) is 24.9. The molecule has 0 unspecified atom stereocenters. The molecule has 26 aromatic rings. The van der Waals surface area contributed by atoms with Crippen LogP contribution in [0.3, 0.4) is 0 Å². The summed E-state index contributed by atoms with van der Waals surface area (Å²) < 4.78 is 19.5. The molecule has 0 saturated carbocycles. The molecule has 0 amide bonds. The predicted molar refractivity (Wildman–Crippen MR) is 580 cm³/mol. The Hall–Kier alpha value is -19.0. The molecule has 0 saturated heterocycles. The fourth-order valence-corrected chi connectivity index (χ4v) is 22.3. The van der Waals surface area contributed by atoms with Crippen LogP contribution in [-0.2, 0) is 0 Å². The van der Waals surface area contributed by atoms with Gasteiger partial charge in [-0.15, -0.1) is 0 Å². The predicted octanol–water partition coefficient (Wildman–Crippen LogP) is 38.7. The second-order valence-corrected chi connectivity index (χ2v) is 36.3. The van der Waals surface area contributed by atoms with Gasteiger partial charge in [-0.3, -0.25) is 0 Å². The first-order valence-corrected chi connectivity index (χ1v) is 46.9. The molecule has 0 aromatic heterocycles. The molecule has 0 radical (unpaired) electrons. The topological polar surface area (TPSA) is 40.8 Å². The van der Waals surface area contributed by atoms with E-state index in [2.05, 4.69) is 421 Å². The van der Waals surface area contributed by atoms with Crippen LogP contribution in [0.1, 0.15) is 0 Å². The number of hydrogen-bond acceptors (Lipinski definition) is 3. The SMILES string of the molecule is [C-]#[N+]c1cc2c3c(cccc3c1)-c1ccc(-c3cc4c5ccccc5c(-c5cccc6ccccc56)cc4c4ccccc34)cc1O2.[C-]#[N+]c1cc2c3c(cccc3c1)-c1ccc(-c3ccc(-c4cc5c6ccccc6c(-c6ccccc6)cc5c5ccccc45)cc3)cc1O2.[C-]#[N+]c1cc2c3c(cccc3c1)-c1ccc(-c3ccc(-c4cc5c6ccccc6ccc5c5ccccc45)cc3)cc1O2. The van der Waals surface area contributed by atoms with Crippen LogP contribution in [0.2, 0.25) is 0 Å². The van der Waals surface area contributed by atoms with Crippen LogP contribution in [-0.4, -0.2) is 0 Å². The van der Waals surface area contributed by atoms with Gasteiger partial charge in [0.1, 0.15) is 34.5 Å². The lowest BCUT2D eigenvalue weighted by molar-refractivity contribution is 0.487.